The molecule has 5 heteroatoms. The maximum atomic E-state index is 12.3. The lowest BCUT2D eigenvalue weighted by atomic mass is 10.0. The molecule has 0 saturated carbocycles. The summed E-state index contributed by atoms with van der Waals surface area (Å²) in [6.45, 7) is 5.59. The first-order valence-electron chi connectivity index (χ1n) is 6.38. The van der Waals surface area contributed by atoms with Crippen LogP contribution in [0.1, 0.15) is 28.5 Å². The third kappa shape index (κ3) is 2.15. The molecule has 0 aliphatic rings. The van der Waals surface area contributed by atoms with E-state index in [4.69, 9.17) is 9.57 Å². The van der Waals surface area contributed by atoms with Gasteiger partial charge in [0.1, 0.15) is 7.11 Å². The summed E-state index contributed by atoms with van der Waals surface area (Å²) in [5.74, 6) is -0.452. The van der Waals surface area contributed by atoms with Crippen molar-refractivity contribution in [2.45, 2.75) is 20.8 Å². The molecule has 0 unspecified atom stereocenters. The van der Waals surface area contributed by atoms with Gasteiger partial charge in [-0.2, -0.15) is 0 Å². The van der Waals surface area contributed by atoms with Crippen molar-refractivity contribution in [1.82, 2.24) is 4.73 Å². The second kappa shape index (κ2) is 5.36. The van der Waals surface area contributed by atoms with Gasteiger partial charge in [-0.3, -0.25) is 4.79 Å². The predicted octanol–water partition coefficient (Wildman–Crippen LogP) is 1.85. The van der Waals surface area contributed by atoms with Crippen LogP contribution in [0.3, 0.4) is 0 Å². The zero-order chi connectivity index (χ0) is 14.9. The van der Waals surface area contributed by atoms with E-state index in [1.54, 1.807) is 19.9 Å². The van der Waals surface area contributed by atoms with Crippen molar-refractivity contribution in [2.24, 2.45) is 0 Å². The first-order chi connectivity index (χ1) is 9.51. The van der Waals surface area contributed by atoms with E-state index >= 15 is 0 Å². The number of carbonyl (C=O) groups excluding carboxylic acids is 1. The lowest BCUT2D eigenvalue weighted by Crippen LogP contribution is -2.29. The minimum atomic E-state index is -0.452. The Morgan fingerprint density at radius 2 is 1.95 bits per heavy atom. The number of hydrogen-bond donors (Lipinski definition) is 0. The quantitative estimate of drug-likeness (QED) is 0.802. The van der Waals surface area contributed by atoms with Crippen LogP contribution in [0.15, 0.2) is 23.0 Å². The van der Waals surface area contributed by atoms with Gasteiger partial charge in [-0.05, 0) is 26.8 Å². The number of nitrogens with zero attached hydrogens (tertiary/aromatic N) is 1. The Labute approximate surface area is 116 Å². The zero-order valence-corrected chi connectivity index (χ0v) is 12.0. The van der Waals surface area contributed by atoms with E-state index in [0.29, 0.717) is 22.0 Å². The van der Waals surface area contributed by atoms with Gasteiger partial charge in [0.2, 0.25) is 0 Å². The van der Waals surface area contributed by atoms with E-state index in [9.17, 15) is 9.59 Å². The highest BCUT2D eigenvalue weighted by Gasteiger charge is 2.20. The molecule has 0 atom stereocenters. The van der Waals surface area contributed by atoms with Crippen molar-refractivity contribution in [3.8, 4) is 0 Å². The molecule has 0 bridgehead atoms. The van der Waals surface area contributed by atoms with Crippen LogP contribution in [0.5, 0.6) is 0 Å². The second-order valence-corrected chi connectivity index (χ2v) is 4.51. The molecule has 0 saturated heterocycles. The van der Waals surface area contributed by atoms with E-state index < -0.39 is 5.97 Å². The molecule has 1 aromatic carbocycles. The van der Waals surface area contributed by atoms with E-state index in [0.717, 1.165) is 10.3 Å². The lowest BCUT2D eigenvalue weighted by molar-refractivity contribution is 0.0521. The van der Waals surface area contributed by atoms with Crippen LogP contribution in [0.4, 0.5) is 0 Å². The molecule has 106 valence electrons. The molecular formula is C15H17NO4. The largest absolute Gasteiger partial charge is 0.462 e. The Bertz CT molecular complexity index is 731. The Balaban J connectivity index is 2.92. The normalized spacial score (nSPS) is 10.6. The summed E-state index contributed by atoms with van der Waals surface area (Å²) in [4.78, 5) is 29.6. The van der Waals surface area contributed by atoms with Crippen molar-refractivity contribution in [3.63, 3.8) is 0 Å². The first-order valence-corrected chi connectivity index (χ1v) is 6.38. The molecular weight excluding hydrogens is 258 g/mol. The van der Waals surface area contributed by atoms with Crippen LogP contribution in [-0.2, 0) is 4.74 Å². The van der Waals surface area contributed by atoms with Gasteiger partial charge in [0.05, 0.1) is 23.3 Å². The summed E-state index contributed by atoms with van der Waals surface area (Å²) in [5.41, 5.74) is 1.49. The highest BCUT2D eigenvalue weighted by Crippen LogP contribution is 2.21. The molecule has 2 aromatic rings. The highest BCUT2D eigenvalue weighted by atomic mass is 16.6. The van der Waals surface area contributed by atoms with Gasteiger partial charge < -0.3 is 9.57 Å². The van der Waals surface area contributed by atoms with Gasteiger partial charge in [-0.1, -0.05) is 17.7 Å². The number of carbonyl (C=O) groups is 1. The number of aromatic nitrogens is 1. The average molecular weight is 275 g/mol. The van der Waals surface area contributed by atoms with Gasteiger partial charge in [0.15, 0.2) is 0 Å². The predicted molar refractivity (Wildman–Crippen MR) is 76.1 cm³/mol. The molecule has 0 spiro atoms. The Morgan fingerprint density at radius 1 is 1.25 bits per heavy atom. The van der Waals surface area contributed by atoms with Crippen molar-refractivity contribution in [3.05, 3.63) is 45.4 Å². The van der Waals surface area contributed by atoms with Gasteiger partial charge in [0.25, 0.3) is 5.56 Å². The smallest absolute Gasteiger partial charge is 0.340 e. The van der Waals surface area contributed by atoms with Crippen LogP contribution in [0, 0.1) is 13.8 Å². The average Bonchev–Trinajstić information content (AvgIpc) is 2.39. The summed E-state index contributed by atoms with van der Waals surface area (Å²) < 4.78 is 6.20. The lowest BCUT2D eigenvalue weighted by Gasteiger charge is -2.15. The molecule has 0 aliphatic heterocycles. The van der Waals surface area contributed by atoms with Crippen molar-refractivity contribution in [1.29, 1.82) is 0 Å². The van der Waals surface area contributed by atoms with E-state index in [-0.39, 0.29) is 12.2 Å². The van der Waals surface area contributed by atoms with Gasteiger partial charge in [-0.15, -0.1) is 4.73 Å². The van der Waals surface area contributed by atoms with E-state index in [1.807, 2.05) is 19.1 Å². The molecule has 0 amide bonds. The van der Waals surface area contributed by atoms with Crippen molar-refractivity contribution in [2.75, 3.05) is 13.7 Å². The monoisotopic (exact) mass is 275 g/mol. The van der Waals surface area contributed by atoms with E-state index in [2.05, 4.69) is 0 Å². The van der Waals surface area contributed by atoms with Crippen molar-refractivity contribution >= 4 is 16.7 Å². The van der Waals surface area contributed by atoms with E-state index in [1.165, 1.54) is 7.11 Å². The molecule has 1 heterocycles. The molecule has 5 nitrogen and oxygen atoms in total. The second-order valence-electron chi connectivity index (χ2n) is 4.51. The fraction of sp³-hybridized carbons (Fsp3) is 0.333. The summed E-state index contributed by atoms with van der Waals surface area (Å²) in [6.07, 6.45) is 0. The molecule has 1 aromatic heterocycles. The number of pyridine rings is 1. The van der Waals surface area contributed by atoms with Crippen LogP contribution in [-0.4, -0.2) is 24.4 Å². The fourth-order valence-corrected chi connectivity index (χ4v) is 2.29. The summed E-state index contributed by atoms with van der Waals surface area (Å²) in [5, 5.41) is 1.03. The van der Waals surface area contributed by atoms with Crippen LogP contribution < -0.4 is 10.4 Å². The zero-order valence-electron chi connectivity index (χ0n) is 12.0. The molecule has 20 heavy (non-hydrogen) atoms. The van der Waals surface area contributed by atoms with Gasteiger partial charge >= 0.3 is 5.97 Å². The fourth-order valence-electron chi connectivity index (χ4n) is 2.29. The van der Waals surface area contributed by atoms with Crippen LogP contribution in [0.25, 0.3) is 10.8 Å². The summed E-state index contributed by atoms with van der Waals surface area (Å²) in [6, 6.07) is 5.34. The third-order valence-electron chi connectivity index (χ3n) is 3.19. The number of rotatable bonds is 3. The molecule has 2 rings (SSSR count). The maximum absolute atomic E-state index is 12.3. The number of ether oxygens (including phenoxy) is 1. The molecule has 0 fully saturated rings. The highest BCUT2D eigenvalue weighted by molar-refractivity contribution is 6.05. The summed E-state index contributed by atoms with van der Waals surface area (Å²) >= 11 is 0. The third-order valence-corrected chi connectivity index (χ3v) is 3.19. The minimum Gasteiger partial charge on any atom is -0.462 e. The number of fused-ring (bicyclic) bond motifs is 1. The Morgan fingerprint density at radius 3 is 2.55 bits per heavy atom. The van der Waals surface area contributed by atoms with Crippen LogP contribution >= 0.6 is 0 Å². The summed E-state index contributed by atoms with van der Waals surface area (Å²) in [7, 11) is 1.39. The van der Waals surface area contributed by atoms with Crippen molar-refractivity contribution < 1.29 is 14.4 Å². The molecule has 0 radical (unpaired) electrons. The van der Waals surface area contributed by atoms with Gasteiger partial charge in [0, 0.05) is 5.39 Å². The Hall–Kier alpha value is -2.30. The standard InChI is InChI=1S/C15H17NO4/c1-5-20-15(18)13-10(3)16(19-4)14(17)11-7-6-9(2)8-12(11)13/h6-8H,5H2,1-4H3. The number of benzene rings is 1. The SMILES string of the molecule is CCOC(=O)c1c(C)n(OC)c(=O)c2ccc(C)cc12. The topological polar surface area (TPSA) is 57.5 Å². The minimum absolute atomic E-state index is 0.275. The number of hydrogen-bond acceptors (Lipinski definition) is 4. The Kier molecular flexibility index (Phi) is 3.79. The van der Waals surface area contributed by atoms with Gasteiger partial charge in [-0.25, -0.2) is 4.79 Å². The first kappa shape index (κ1) is 14.1. The molecule has 0 N–H and O–H groups in total. The number of aryl methyl sites for hydroxylation is 1. The number of esters is 1. The van der Waals surface area contributed by atoms with Crippen LogP contribution in [0.2, 0.25) is 0 Å². The maximum Gasteiger partial charge on any atom is 0.340 e. The molecule has 0 aliphatic carbocycles.